The van der Waals surface area contributed by atoms with Crippen LogP contribution in [0.25, 0.3) is 27.6 Å². The third kappa shape index (κ3) is 4.96. The van der Waals surface area contributed by atoms with E-state index in [0.29, 0.717) is 33.3 Å². The molecule has 0 aliphatic carbocycles. The second-order valence-corrected chi connectivity index (χ2v) is 10.5. The third-order valence-corrected chi connectivity index (χ3v) is 7.26. The molecule has 3 aromatic carbocycles. The van der Waals surface area contributed by atoms with Crippen LogP contribution in [0, 0.1) is 27.7 Å². The number of nitrogens with zero attached hydrogens (tertiary/aromatic N) is 5. The summed E-state index contributed by atoms with van der Waals surface area (Å²) < 4.78 is 83.3. The van der Waals surface area contributed by atoms with Gasteiger partial charge in [0.25, 0.3) is 0 Å². The molecule has 0 saturated heterocycles. The molecule has 220 valence electrons. The fourth-order valence-electron chi connectivity index (χ4n) is 5.54. The number of halogens is 6. The molecular weight excluding hydrogens is 570 g/mol. The topological polar surface area (TPSA) is 62.6 Å². The lowest BCUT2D eigenvalue weighted by molar-refractivity contribution is -0.141. The number of aromatic amines is 1. The summed E-state index contributed by atoms with van der Waals surface area (Å²) >= 11 is 0. The molecule has 0 atom stereocenters. The van der Waals surface area contributed by atoms with Gasteiger partial charge < -0.3 is 0 Å². The van der Waals surface area contributed by atoms with Gasteiger partial charge in [-0.3, -0.25) is 14.6 Å². The van der Waals surface area contributed by atoms with Crippen molar-refractivity contribution in [2.24, 2.45) is 0 Å². The quantitative estimate of drug-likeness (QED) is 0.207. The fraction of sp³-hybridized carbons (Fsp3) is 0.194. The summed E-state index contributed by atoms with van der Waals surface area (Å²) in [6.07, 6.45) is -7.73. The van der Waals surface area contributed by atoms with Crippen LogP contribution in [0.4, 0.5) is 43.8 Å². The first-order valence-electron chi connectivity index (χ1n) is 13.2. The zero-order chi connectivity index (χ0) is 30.8. The number of aromatic nitrogens is 5. The van der Waals surface area contributed by atoms with Crippen LogP contribution in [0.5, 0.6) is 0 Å². The number of anilines is 3. The van der Waals surface area contributed by atoms with Crippen LogP contribution in [0.1, 0.15) is 33.5 Å². The monoisotopic (exact) mass is 594 g/mol. The number of benzene rings is 3. The summed E-state index contributed by atoms with van der Waals surface area (Å²) in [6, 6.07) is 15.2. The molecule has 0 bridgehead atoms. The van der Waals surface area contributed by atoms with E-state index >= 15 is 0 Å². The Bertz CT molecular complexity index is 1990. The van der Waals surface area contributed by atoms with Crippen LogP contribution in [0.3, 0.4) is 0 Å². The maximum atomic E-state index is 13.6. The fourth-order valence-corrected chi connectivity index (χ4v) is 5.54. The van der Waals surface area contributed by atoms with E-state index in [1.165, 1.54) is 17.2 Å². The Morgan fingerprint density at radius 1 is 0.721 bits per heavy atom. The van der Waals surface area contributed by atoms with Gasteiger partial charge in [-0.15, -0.1) is 0 Å². The number of hydrogen-bond acceptors (Lipinski definition) is 4. The van der Waals surface area contributed by atoms with Crippen LogP contribution in [0.2, 0.25) is 0 Å². The molecule has 0 amide bonds. The van der Waals surface area contributed by atoms with E-state index in [4.69, 9.17) is 4.98 Å². The van der Waals surface area contributed by atoms with Crippen LogP contribution in [-0.2, 0) is 12.4 Å². The molecule has 3 heterocycles. The number of hydrogen-bond donors (Lipinski definition) is 1. The van der Waals surface area contributed by atoms with E-state index in [0.717, 1.165) is 40.5 Å². The van der Waals surface area contributed by atoms with Crippen LogP contribution in [0.15, 0.2) is 66.9 Å². The van der Waals surface area contributed by atoms with Gasteiger partial charge in [-0.25, -0.2) is 4.98 Å². The number of H-pyrrole nitrogens is 1. The largest absolute Gasteiger partial charge is 0.432 e. The molecule has 1 N–H and O–H groups in total. The maximum absolute atomic E-state index is 13.6. The van der Waals surface area contributed by atoms with E-state index in [2.05, 4.69) is 15.2 Å². The van der Waals surface area contributed by atoms with Crippen molar-refractivity contribution < 1.29 is 26.3 Å². The highest BCUT2D eigenvalue weighted by molar-refractivity contribution is 6.09. The van der Waals surface area contributed by atoms with E-state index in [1.807, 2.05) is 52.0 Å². The van der Waals surface area contributed by atoms with Crippen LogP contribution < -0.4 is 4.90 Å². The zero-order valence-corrected chi connectivity index (χ0v) is 23.4. The van der Waals surface area contributed by atoms with Gasteiger partial charge in [-0.1, -0.05) is 29.3 Å². The molecule has 6 aromatic rings. The number of aryl methyl sites for hydroxylation is 4. The summed E-state index contributed by atoms with van der Waals surface area (Å²) in [5, 5.41) is 7.01. The predicted molar refractivity (Wildman–Crippen MR) is 152 cm³/mol. The molecule has 0 aliphatic rings. The van der Waals surface area contributed by atoms with Crippen molar-refractivity contribution in [1.82, 2.24) is 24.7 Å². The van der Waals surface area contributed by atoms with E-state index in [1.54, 1.807) is 16.7 Å². The Morgan fingerprint density at radius 3 is 2.00 bits per heavy atom. The molecule has 0 radical (unpaired) electrons. The average molecular weight is 595 g/mol. The number of nitrogens with one attached hydrogen (secondary N) is 1. The second kappa shape index (κ2) is 9.85. The van der Waals surface area contributed by atoms with Crippen molar-refractivity contribution in [2.75, 3.05) is 4.90 Å². The molecule has 0 fully saturated rings. The minimum absolute atomic E-state index is 0.0294. The number of alkyl halides is 6. The SMILES string of the molecule is Cc1cc(C)c(N(c2cc(C(F)(F)F)[nH]n2)c2nccc(-n3c4ccc(C)cc4c4cc(C(F)(F)F)ccc43)n2)c(C)c1. The van der Waals surface area contributed by atoms with E-state index in [-0.39, 0.29) is 11.8 Å². The summed E-state index contributed by atoms with van der Waals surface area (Å²) in [7, 11) is 0. The predicted octanol–water partition coefficient (Wildman–Crippen LogP) is 9.04. The van der Waals surface area contributed by atoms with Gasteiger partial charge in [0.15, 0.2) is 5.82 Å². The standard InChI is InChI=1S/C31H24F6N6/c1-16-5-7-23-21(13-16)22-14-20(30(32,33)34)6-8-24(22)42(23)26-9-10-38-29(39-26)43(27-15-25(40-41-27)31(35,36)37)28-18(3)11-17(2)12-19(28)4/h5-15H,1-4H3,(H,40,41). The van der Waals surface area contributed by atoms with Gasteiger partial charge in [-0.05, 0) is 75.2 Å². The Kier molecular flexibility index (Phi) is 6.48. The number of fused-ring (bicyclic) bond motifs is 3. The van der Waals surface area contributed by atoms with Gasteiger partial charge >= 0.3 is 12.4 Å². The number of rotatable bonds is 4. The first-order chi connectivity index (χ1) is 20.2. The molecule has 3 aromatic heterocycles. The van der Waals surface area contributed by atoms with Gasteiger partial charge in [0.05, 0.1) is 22.3 Å². The molecule has 0 spiro atoms. The highest BCUT2D eigenvalue weighted by Crippen LogP contribution is 2.40. The lowest BCUT2D eigenvalue weighted by atomic mass is 10.0. The smallest absolute Gasteiger partial charge is 0.294 e. The summed E-state index contributed by atoms with van der Waals surface area (Å²) in [5.74, 6) is 0.265. The molecule has 0 saturated carbocycles. The molecule has 12 heteroatoms. The first-order valence-corrected chi connectivity index (χ1v) is 13.2. The first kappa shape index (κ1) is 28.3. The Hall–Kier alpha value is -4.87. The molecule has 6 nitrogen and oxygen atoms in total. The maximum Gasteiger partial charge on any atom is 0.432 e. The summed E-state index contributed by atoms with van der Waals surface area (Å²) in [4.78, 5) is 10.6. The van der Waals surface area contributed by atoms with Crippen LogP contribution in [-0.4, -0.2) is 24.7 Å². The van der Waals surface area contributed by atoms with E-state index < -0.39 is 23.6 Å². The summed E-state index contributed by atoms with van der Waals surface area (Å²) in [5.41, 5.74) is 3.17. The molecule has 43 heavy (non-hydrogen) atoms. The normalized spacial score (nSPS) is 12.4. The van der Waals surface area contributed by atoms with Crippen molar-refractivity contribution in [2.45, 2.75) is 40.0 Å². The second-order valence-electron chi connectivity index (χ2n) is 10.5. The van der Waals surface area contributed by atoms with Crippen molar-refractivity contribution in [1.29, 1.82) is 0 Å². The van der Waals surface area contributed by atoms with Gasteiger partial charge in [0, 0.05) is 23.0 Å². The van der Waals surface area contributed by atoms with Gasteiger partial charge in [0.1, 0.15) is 11.5 Å². The zero-order valence-electron chi connectivity index (χ0n) is 23.4. The van der Waals surface area contributed by atoms with Gasteiger partial charge in [-0.2, -0.15) is 36.4 Å². The van der Waals surface area contributed by atoms with E-state index in [9.17, 15) is 26.3 Å². The molecule has 6 rings (SSSR count). The minimum atomic E-state index is -4.66. The van der Waals surface area contributed by atoms with Crippen molar-refractivity contribution in [3.8, 4) is 5.82 Å². The summed E-state index contributed by atoms with van der Waals surface area (Å²) in [6.45, 7) is 7.42. The van der Waals surface area contributed by atoms with Crippen molar-refractivity contribution in [3.05, 3.63) is 100 Å². The van der Waals surface area contributed by atoms with Crippen molar-refractivity contribution in [3.63, 3.8) is 0 Å². The lowest BCUT2D eigenvalue weighted by Crippen LogP contribution is -2.17. The third-order valence-electron chi connectivity index (χ3n) is 7.26. The lowest BCUT2D eigenvalue weighted by Gasteiger charge is -2.25. The molecule has 0 unspecified atom stereocenters. The molecular formula is C31H24F6N6. The average Bonchev–Trinajstić information content (AvgIpc) is 3.53. The highest BCUT2D eigenvalue weighted by atomic mass is 19.4. The van der Waals surface area contributed by atoms with Crippen molar-refractivity contribution >= 4 is 39.3 Å². The van der Waals surface area contributed by atoms with Gasteiger partial charge in [0.2, 0.25) is 5.95 Å². The molecule has 0 aliphatic heterocycles. The Balaban J connectivity index is 1.60. The Morgan fingerprint density at radius 2 is 1.37 bits per heavy atom. The Labute approximate surface area is 241 Å². The minimum Gasteiger partial charge on any atom is -0.294 e. The van der Waals surface area contributed by atoms with Crippen LogP contribution >= 0.6 is 0 Å². The highest BCUT2D eigenvalue weighted by Gasteiger charge is 2.35.